The van der Waals surface area contributed by atoms with E-state index in [0.717, 1.165) is 11.3 Å². The summed E-state index contributed by atoms with van der Waals surface area (Å²) in [5.74, 6) is 1.70. The van der Waals surface area contributed by atoms with E-state index in [-0.39, 0.29) is 6.10 Å². The Bertz CT molecular complexity index is 594. The first kappa shape index (κ1) is 14.0. The van der Waals surface area contributed by atoms with Crippen molar-refractivity contribution in [3.05, 3.63) is 53.5 Å². The van der Waals surface area contributed by atoms with Gasteiger partial charge >= 0.3 is 0 Å². The minimum atomic E-state index is -0.269. The molecule has 0 aliphatic heterocycles. The Morgan fingerprint density at radius 2 is 1.86 bits per heavy atom. The lowest BCUT2D eigenvalue weighted by Crippen LogP contribution is -2.12. The zero-order valence-corrected chi connectivity index (χ0v) is 12.3. The number of methoxy groups -OCH3 is 1. The predicted molar refractivity (Wildman–Crippen MR) is 82.9 cm³/mol. The molecule has 21 heavy (non-hydrogen) atoms. The fraction of sp³-hybridized carbons (Fsp3) is 0.412. The number of benzene rings is 1. The minimum absolute atomic E-state index is 0.269. The molecule has 2 N–H and O–H groups in total. The molecular weight excluding hydrogens is 262 g/mol. The molecule has 1 aromatic heterocycles. The average Bonchev–Trinajstić information content (AvgIpc) is 3.03. The van der Waals surface area contributed by atoms with Crippen molar-refractivity contribution in [2.45, 2.75) is 37.7 Å². The SMILES string of the molecule is COC(c1ccccc1)c1nc(N)cc(C2CCCC2)n1. The number of hydrogen-bond acceptors (Lipinski definition) is 4. The molecule has 0 saturated heterocycles. The van der Waals surface area contributed by atoms with Crippen LogP contribution in [-0.2, 0) is 4.74 Å². The molecule has 0 radical (unpaired) electrons. The Morgan fingerprint density at radius 3 is 2.52 bits per heavy atom. The van der Waals surface area contributed by atoms with Crippen LogP contribution in [0.3, 0.4) is 0 Å². The highest BCUT2D eigenvalue weighted by molar-refractivity contribution is 5.34. The molecule has 0 amide bonds. The smallest absolute Gasteiger partial charge is 0.164 e. The van der Waals surface area contributed by atoms with Crippen LogP contribution in [0.5, 0.6) is 0 Å². The van der Waals surface area contributed by atoms with Crippen LogP contribution in [0, 0.1) is 0 Å². The van der Waals surface area contributed by atoms with Crippen LogP contribution < -0.4 is 5.73 Å². The number of hydrogen-bond donors (Lipinski definition) is 1. The van der Waals surface area contributed by atoms with Gasteiger partial charge in [-0.25, -0.2) is 9.97 Å². The lowest BCUT2D eigenvalue weighted by Gasteiger charge is -2.17. The van der Waals surface area contributed by atoms with Gasteiger partial charge in [-0.05, 0) is 18.4 Å². The van der Waals surface area contributed by atoms with Crippen LogP contribution in [0.25, 0.3) is 0 Å². The van der Waals surface area contributed by atoms with Gasteiger partial charge in [-0.1, -0.05) is 43.2 Å². The largest absolute Gasteiger partial charge is 0.384 e. The summed E-state index contributed by atoms with van der Waals surface area (Å²) >= 11 is 0. The summed E-state index contributed by atoms with van der Waals surface area (Å²) in [5.41, 5.74) is 8.10. The minimum Gasteiger partial charge on any atom is -0.384 e. The Kier molecular flexibility index (Phi) is 4.15. The number of aromatic nitrogens is 2. The molecule has 1 unspecified atom stereocenters. The zero-order chi connectivity index (χ0) is 14.7. The molecule has 4 heteroatoms. The first-order valence-electron chi connectivity index (χ1n) is 7.50. The highest BCUT2D eigenvalue weighted by Gasteiger charge is 2.22. The summed E-state index contributed by atoms with van der Waals surface area (Å²) in [4.78, 5) is 9.14. The second-order valence-electron chi connectivity index (χ2n) is 5.58. The van der Waals surface area contributed by atoms with Crippen LogP contribution in [0.4, 0.5) is 5.82 Å². The van der Waals surface area contributed by atoms with Crippen molar-refractivity contribution in [2.75, 3.05) is 12.8 Å². The van der Waals surface area contributed by atoms with Crippen LogP contribution in [0.15, 0.2) is 36.4 Å². The van der Waals surface area contributed by atoms with Gasteiger partial charge in [0, 0.05) is 24.8 Å². The van der Waals surface area contributed by atoms with Gasteiger partial charge in [0.25, 0.3) is 0 Å². The van der Waals surface area contributed by atoms with Crippen molar-refractivity contribution in [1.29, 1.82) is 0 Å². The number of ether oxygens (including phenoxy) is 1. The highest BCUT2D eigenvalue weighted by Crippen LogP contribution is 2.34. The second kappa shape index (κ2) is 6.22. The molecule has 1 aliphatic rings. The molecule has 1 heterocycles. The van der Waals surface area contributed by atoms with E-state index in [0.29, 0.717) is 17.6 Å². The van der Waals surface area contributed by atoms with Crippen molar-refractivity contribution >= 4 is 5.82 Å². The standard InChI is InChI=1S/C17H21N3O/c1-21-16(13-9-3-2-4-10-13)17-19-14(11-15(18)20-17)12-7-5-6-8-12/h2-4,9-12,16H,5-8H2,1H3,(H2,18,19,20). The second-order valence-corrected chi connectivity index (χ2v) is 5.58. The summed E-state index contributed by atoms with van der Waals surface area (Å²) in [6, 6.07) is 11.9. The van der Waals surface area contributed by atoms with Gasteiger partial charge in [0.05, 0.1) is 0 Å². The Balaban J connectivity index is 1.96. The molecule has 4 nitrogen and oxygen atoms in total. The van der Waals surface area contributed by atoms with E-state index < -0.39 is 0 Å². The van der Waals surface area contributed by atoms with Crippen molar-refractivity contribution in [1.82, 2.24) is 9.97 Å². The van der Waals surface area contributed by atoms with Crippen molar-refractivity contribution in [3.8, 4) is 0 Å². The van der Waals surface area contributed by atoms with Gasteiger partial charge in [0.2, 0.25) is 0 Å². The lowest BCUT2D eigenvalue weighted by atomic mass is 10.0. The molecule has 1 atom stereocenters. The van der Waals surface area contributed by atoms with E-state index in [9.17, 15) is 0 Å². The van der Waals surface area contributed by atoms with Gasteiger partial charge in [-0.2, -0.15) is 0 Å². The Labute approximate surface area is 125 Å². The van der Waals surface area contributed by atoms with E-state index in [4.69, 9.17) is 15.5 Å². The van der Waals surface area contributed by atoms with Gasteiger partial charge in [-0.15, -0.1) is 0 Å². The number of nitrogens with two attached hydrogens (primary N) is 1. The maximum absolute atomic E-state index is 5.99. The van der Waals surface area contributed by atoms with E-state index in [1.54, 1.807) is 7.11 Å². The summed E-state index contributed by atoms with van der Waals surface area (Å²) in [7, 11) is 1.68. The Hall–Kier alpha value is -1.94. The summed E-state index contributed by atoms with van der Waals surface area (Å²) < 4.78 is 5.61. The topological polar surface area (TPSA) is 61.0 Å². The number of anilines is 1. The molecule has 1 aliphatic carbocycles. The van der Waals surface area contributed by atoms with Gasteiger partial charge in [-0.3, -0.25) is 0 Å². The monoisotopic (exact) mass is 283 g/mol. The fourth-order valence-electron chi connectivity index (χ4n) is 3.07. The van der Waals surface area contributed by atoms with Crippen LogP contribution in [0.1, 0.15) is 54.8 Å². The summed E-state index contributed by atoms with van der Waals surface area (Å²) in [5, 5.41) is 0. The predicted octanol–water partition coefficient (Wildman–Crippen LogP) is 3.45. The maximum Gasteiger partial charge on any atom is 0.164 e. The third-order valence-electron chi connectivity index (χ3n) is 4.13. The number of nitrogen functional groups attached to an aromatic ring is 1. The van der Waals surface area contributed by atoms with E-state index in [1.165, 1.54) is 25.7 Å². The zero-order valence-electron chi connectivity index (χ0n) is 12.3. The molecule has 0 bridgehead atoms. The normalized spacial score (nSPS) is 17.0. The number of nitrogens with zero attached hydrogens (tertiary/aromatic N) is 2. The first-order chi connectivity index (χ1) is 10.3. The number of rotatable bonds is 4. The molecule has 2 aromatic rings. The molecule has 0 spiro atoms. The van der Waals surface area contributed by atoms with Crippen molar-refractivity contribution < 1.29 is 4.74 Å². The van der Waals surface area contributed by atoms with Crippen molar-refractivity contribution in [2.24, 2.45) is 0 Å². The fourth-order valence-corrected chi connectivity index (χ4v) is 3.07. The molecule has 3 rings (SSSR count). The Morgan fingerprint density at radius 1 is 1.14 bits per heavy atom. The third-order valence-corrected chi connectivity index (χ3v) is 4.13. The highest BCUT2D eigenvalue weighted by atomic mass is 16.5. The van der Waals surface area contributed by atoms with E-state index in [1.807, 2.05) is 36.4 Å². The average molecular weight is 283 g/mol. The van der Waals surface area contributed by atoms with Crippen LogP contribution in [-0.4, -0.2) is 17.1 Å². The van der Waals surface area contributed by atoms with Crippen LogP contribution in [0.2, 0.25) is 0 Å². The lowest BCUT2D eigenvalue weighted by molar-refractivity contribution is 0.129. The molecule has 1 saturated carbocycles. The van der Waals surface area contributed by atoms with E-state index in [2.05, 4.69) is 4.98 Å². The molecule has 1 fully saturated rings. The van der Waals surface area contributed by atoms with Crippen LogP contribution >= 0.6 is 0 Å². The quantitative estimate of drug-likeness (QED) is 0.933. The molecular formula is C17H21N3O. The maximum atomic E-state index is 5.99. The van der Waals surface area contributed by atoms with Gasteiger partial charge in [0.1, 0.15) is 11.9 Å². The third kappa shape index (κ3) is 3.05. The summed E-state index contributed by atoms with van der Waals surface area (Å²) in [6.45, 7) is 0. The van der Waals surface area contributed by atoms with E-state index >= 15 is 0 Å². The van der Waals surface area contributed by atoms with Crippen molar-refractivity contribution in [3.63, 3.8) is 0 Å². The molecule has 110 valence electrons. The summed E-state index contributed by atoms with van der Waals surface area (Å²) in [6.07, 6.45) is 4.67. The van der Waals surface area contributed by atoms with Gasteiger partial charge in [0.15, 0.2) is 5.82 Å². The first-order valence-corrected chi connectivity index (χ1v) is 7.50. The van der Waals surface area contributed by atoms with Gasteiger partial charge < -0.3 is 10.5 Å². The molecule has 1 aromatic carbocycles.